The van der Waals surface area contributed by atoms with Crippen molar-refractivity contribution in [2.24, 2.45) is 0 Å². The van der Waals surface area contributed by atoms with Crippen LogP contribution in [-0.2, 0) is 20.2 Å². The van der Waals surface area contributed by atoms with Gasteiger partial charge in [-0.1, -0.05) is 0 Å². The van der Waals surface area contributed by atoms with Crippen LogP contribution in [0, 0.1) is 0 Å². The van der Waals surface area contributed by atoms with Gasteiger partial charge in [0.25, 0.3) is 0 Å². The first-order valence-corrected chi connectivity index (χ1v) is 6.33. The summed E-state index contributed by atoms with van der Waals surface area (Å²) in [6.07, 6.45) is 0. The van der Waals surface area contributed by atoms with Crippen molar-refractivity contribution < 1.29 is 21.7 Å². The summed E-state index contributed by atoms with van der Waals surface area (Å²) in [5.41, 5.74) is 0. The Morgan fingerprint density at radius 3 is 2.30 bits per heavy atom. The number of hydrogen-bond donors (Lipinski definition) is 2. The van der Waals surface area contributed by atoms with E-state index in [-0.39, 0.29) is 22.3 Å². The molecule has 0 amide bonds. The highest BCUT2D eigenvalue weighted by molar-refractivity contribution is 8.70. The van der Waals surface area contributed by atoms with Gasteiger partial charge in [-0.15, -0.1) is 0 Å². The Morgan fingerprint density at radius 1 is 1.50 bits per heavy atom. The third kappa shape index (κ3) is 8.37. The van der Waals surface area contributed by atoms with E-state index in [1.165, 1.54) is 0 Å². The summed E-state index contributed by atoms with van der Waals surface area (Å²) in [6.45, 7) is 0. The van der Waals surface area contributed by atoms with Crippen LogP contribution in [0.4, 0.5) is 0 Å². The average molecular weight is 206 g/mol. The lowest BCUT2D eigenvalue weighted by molar-refractivity contribution is 0.503. The second-order valence-corrected chi connectivity index (χ2v) is 5.80. The van der Waals surface area contributed by atoms with Gasteiger partial charge in [0.1, 0.15) is 0 Å². The van der Waals surface area contributed by atoms with Crippen LogP contribution in [-0.4, -0.2) is 33.2 Å². The monoisotopic (exact) mass is 206 g/mol. The van der Waals surface area contributed by atoms with Crippen molar-refractivity contribution in [3.8, 4) is 0 Å². The van der Waals surface area contributed by atoms with Crippen molar-refractivity contribution in [3.63, 3.8) is 0 Å². The second kappa shape index (κ2) is 4.29. The number of rotatable bonds is 4. The molecule has 0 radical (unpaired) electrons. The van der Waals surface area contributed by atoms with Crippen LogP contribution in [0.25, 0.3) is 0 Å². The molecule has 0 aromatic heterocycles. The molecule has 8 heteroatoms. The van der Waals surface area contributed by atoms with Gasteiger partial charge in [-0.25, -0.2) is 4.21 Å². The van der Waals surface area contributed by atoms with Crippen LogP contribution in [0.2, 0.25) is 0 Å². The third-order valence-corrected chi connectivity index (χ3v) is 3.36. The van der Waals surface area contributed by atoms with Gasteiger partial charge in [0, 0.05) is 5.75 Å². The molecule has 1 unspecified atom stereocenters. The molecular formula is C2H6O5S3. The first-order valence-electron chi connectivity index (χ1n) is 2.11. The Kier molecular flexibility index (Phi) is 4.45. The molecule has 1 atom stereocenters. The molecule has 0 fully saturated rings. The van der Waals surface area contributed by atoms with Gasteiger partial charge in [-0.2, -0.15) is 8.42 Å². The topological polar surface area (TPSA) is 91.7 Å². The lowest BCUT2D eigenvalue weighted by Crippen LogP contribution is -2.00. The first kappa shape index (κ1) is 10.4. The van der Waals surface area contributed by atoms with Crippen LogP contribution in [0.5, 0.6) is 0 Å². The first-order chi connectivity index (χ1) is 4.42. The quantitative estimate of drug-likeness (QED) is 0.374. The van der Waals surface area contributed by atoms with Crippen molar-refractivity contribution in [2.45, 2.75) is 0 Å². The van der Waals surface area contributed by atoms with Crippen molar-refractivity contribution in [3.05, 3.63) is 0 Å². The van der Waals surface area contributed by atoms with Gasteiger partial charge in [-0.05, 0) is 10.8 Å². The maximum Gasteiger partial charge on any atom is 0.319 e. The molecule has 0 spiro atoms. The standard InChI is InChI=1S/C2H6O5S3/c3-9(4)2-1-8-10(5,6)7/h1-2H2,(H,3,4)(H,5,6,7). The zero-order valence-corrected chi connectivity index (χ0v) is 7.21. The van der Waals surface area contributed by atoms with Gasteiger partial charge < -0.3 is 4.55 Å². The third-order valence-electron chi connectivity index (χ3n) is 0.490. The van der Waals surface area contributed by atoms with E-state index in [0.717, 1.165) is 0 Å². The summed E-state index contributed by atoms with van der Waals surface area (Å²) in [4.78, 5) is 0. The minimum absolute atomic E-state index is 0.0814. The van der Waals surface area contributed by atoms with E-state index in [1.54, 1.807) is 0 Å². The van der Waals surface area contributed by atoms with Crippen LogP contribution >= 0.6 is 10.8 Å². The highest BCUT2D eigenvalue weighted by Gasteiger charge is 2.05. The molecule has 0 aliphatic carbocycles. The Hall–Kier alpha value is 0.370. The zero-order valence-electron chi connectivity index (χ0n) is 4.76. The predicted molar refractivity (Wildman–Crippen MR) is 39.6 cm³/mol. The fourth-order valence-corrected chi connectivity index (χ4v) is 2.51. The van der Waals surface area contributed by atoms with Crippen molar-refractivity contribution in [2.75, 3.05) is 11.5 Å². The molecule has 0 saturated carbocycles. The molecule has 2 N–H and O–H groups in total. The predicted octanol–water partition coefficient (Wildman–Crippen LogP) is -0.256. The van der Waals surface area contributed by atoms with E-state index in [9.17, 15) is 12.6 Å². The van der Waals surface area contributed by atoms with Crippen LogP contribution in [0.15, 0.2) is 0 Å². The normalized spacial score (nSPS) is 15.0. The molecule has 0 bridgehead atoms. The Balaban J connectivity index is 3.49. The van der Waals surface area contributed by atoms with E-state index >= 15 is 0 Å². The van der Waals surface area contributed by atoms with E-state index in [4.69, 9.17) is 9.11 Å². The number of hydrogen-bond acceptors (Lipinski definition) is 4. The lowest BCUT2D eigenvalue weighted by atomic mass is 11.0. The maximum atomic E-state index is 9.95. The van der Waals surface area contributed by atoms with Gasteiger partial charge in [-0.3, -0.25) is 4.55 Å². The van der Waals surface area contributed by atoms with Gasteiger partial charge in [0.15, 0.2) is 11.1 Å². The minimum atomic E-state index is -4.05. The summed E-state index contributed by atoms with van der Waals surface area (Å²) < 4.78 is 46.0. The summed E-state index contributed by atoms with van der Waals surface area (Å²) in [7, 11) is -3.81. The Labute approximate surface area is 64.6 Å². The summed E-state index contributed by atoms with van der Waals surface area (Å²) >= 11 is -2.00. The largest absolute Gasteiger partial charge is 0.319 e. The zero-order chi connectivity index (χ0) is 8.20. The molecule has 0 aromatic carbocycles. The smallest absolute Gasteiger partial charge is 0.306 e. The van der Waals surface area contributed by atoms with Crippen molar-refractivity contribution in [1.82, 2.24) is 0 Å². The van der Waals surface area contributed by atoms with Crippen molar-refractivity contribution in [1.29, 1.82) is 0 Å². The molecule has 62 valence electrons. The van der Waals surface area contributed by atoms with E-state index in [1.807, 2.05) is 0 Å². The van der Waals surface area contributed by atoms with E-state index < -0.39 is 20.2 Å². The molecule has 0 aromatic rings. The Morgan fingerprint density at radius 2 is 2.00 bits per heavy atom. The lowest BCUT2D eigenvalue weighted by Gasteiger charge is -1.92. The second-order valence-electron chi connectivity index (χ2n) is 1.28. The summed E-state index contributed by atoms with van der Waals surface area (Å²) in [5, 5.41) is 0. The highest BCUT2D eigenvalue weighted by atomic mass is 33.1. The van der Waals surface area contributed by atoms with E-state index in [2.05, 4.69) is 0 Å². The van der Waals surface area contributed by atoms with Crippen LogP contribution < -0.4 is 0 Å². The molecular weight excluding hydrogens is 200 g/mol. The molecule has 0 rings (SSSR count). The Bertz CT molecular complexity index is 205. The highest BCUT2D eigenvalue weighted by Crippen LogP contribution is 2.07. The van der Waals surface area contributed by atoms with Crippen LogP contribution in [0.3, 0.4) is 0 Å². The molecule has 10 heavy (non-hydrogen) atoms. The van der Waals surface area contributed by atoms with Crippen LogP contribution in [0.1, 0.15) is 0 Å². The molecule has 0 saturated heterocycles. The summed E-state index contributed by atoms with van der Waals surface area (Å²) in [5.74, 6) is -0.244. The molecule has 0 heterocycles. The van der Waals surface area contributed by atoms with Gasteiger partial charge >= 0.3 is 9.15 Å². The maximum absolute atomic E-state index is 9.95. The molecule has 0 aliphatic heterocycles. The van der Waals surface area contributed by atoms with E-state index in [0.29, 0.717) is 0 Å². The molecule has 5 nitrogen and oxygen atoms in total. The summed E-state index contributed by atoms with van der Waals surface area (Å²) in [6, 6.07) is 0. The van der Waals surface area contributed by atoms with Crippen molar-refractivity contribution >= 4 is 31.0 Å². The fourth-order valence-electron chi connectivity index (χ4n) is 0.211. The average Bonchev–Trinajstić information content (AvgIpc) is 1.59. The van der Waals surface area contributed by atoms with Gasteiger partial charge in [0.05, 0.1) is 5.75 Å². The minimum Gasteiger partial charge on any atom is -0.306 e. The molecule has 0 aliphatic rings. The van der Waals surface area contributed by atoms with Gasteiger partial charge in [0.2, 0.25) is 0 Å². The SMILES string of the molecule is O=S(O)CCSS(=O)(=O)O. The fraction of sp³-hybridized carbons (Fsp3) is 1.00.